The highest BCUT2D eigenvalue weighted by Gasteiger charge is 2.51. The van der Waals surface area contributed by atoms with Crippen LogP contribution in [-0.4, -0.2) is 61.7 Å². The van der Waals surface area contributed by atoms with E-state index in [1.54, 1.807) is 61.7 Å². The summed E-state index contributed by atoms with van der Waals surface area (Å²) in [6.07, 6.45) is 3.97. The molecule has 7 nitrogen and oxygen atoms in total. The first-order valence-corrected chi connectivity index (χ1v) is 10.1. The number of quaternary nitrogens is 1. The van der Waals surface area contributed by atoms with Crippen LogP contribution in [0.2, 0.25) is 0 Å². The SMILES string of the molecule is COc1ccc(C(=O)C2C(=O)C(=O)N(CCC[NH+](C)C)C2c2ccncc2)c(C)c1. The lowest BCUT2D eigenvalue weighted by atomic mass is 9.85. The number of ketones is 2. The summed E-state index contributed by atoms with van der Waals surface area (Å²) in [7, 11) is 5.63. The average Bonchev–Trinajstić information content (AvgIpc) is 2.98. The van der Waals surface area contributed by atoms with Crippen molar-refractivity contribution in [2.45, 2.75) is 19.4 Å². The Morgan fingerprint density at radius 3 is 2.47 bits per heavy atom. The van der Waals surface area contributed by atoms with E-state index in [1.807, 2.05) is 14.1 Å². The highest BCUT2D eigenvalue weighted by molar-refractivity contribution is 6.44. The second kappa shape index (κ2) is 9.17. The van der Waals surface area contributed by atoms with Gasteiger partial charge in [-0.05, 0) is 48.4 Å². The highest BCUT2D eigenvalue weighted by Crippen LogP contribution is 2.38. The third kappa shape index (κ3) is 4.26. The Hall–Kier alpha value is -3.06. The highest BCUT2D eigenvalue weighted by atomic mass is 16.5. The first kappa shape index (κ1) is 21.6. The van der Waals surface area contributed by atoms with Crippen molar-refractivity contribution in [3.8, 4) is 5.75 Å². The van der Waals surface area contributed by atoms with E-state index >= 15 is 0 Å². The molecule has 3 rings (SSSR count). The zero-order chi connectivity index (χ0) is 21.8. The lowest BCUT2D eigenvalue weighted by molar-refractivity contribution is -0.858. The van der Waals surface area contributed by atoms with Gasteiger partial charge in [-0.25, -0.2) is 0 Å². The molecule has 0 bridgehead atoms. The van der Waals surface area contributed by atoms with Crippen molar-refractivity contribution >= 4 is 17.5 Å². The number of carbonyl (C=O) groups excluding carboxylic acids is 3. The molecule has 2 unspecified atom stereocenters. The molecule has 0 saturated carbocycles. The number of aromatic nitrogens is 1. The average molecular weight is 410 g/mol. The molecule has 2 atom stereocenters. The molecule has 1 saturated heterocycles. The topological polar surface area (TPSA) is 81.0 Å². The number of hydrogen-bond acceptors (Lipinski definition) is 5. The van der Waals surface area contributed by atoms with Crippen molar-refractivity contribution in [3.05, 3.63) is 59.4 Å². The molecule has 0 aliphatic carbocycles. The number of Topliss-reactive ketones (excluding diaryl/α,β-unsaturated/α-hetero) is 2. The molecule has 158 valence electrons. The van der Waals surface area contributed by atoms with E-state index < -0.39 is 23.7 Å². The minimum Gasteiger partial charge on any atom is -0.497 e. The van der Waals surface area contributed by atoms with Gasteiger partial charge in [0, 0.05) is 30.9 Å². The van der Waals surface area contributed by atoms with E-state index in [-0.39, 0.29) is 5.78 Å². The smallest absolute Gasteiger partial charge is 0.291 e. The van der Waals surface area contributed by atoms with E-state index in [0.29, 0.717) is 23.4 Å². The van der Waals surface area contributed by atoms with E-state index in [4.69, 9.17) is 4.74 Å². The van der Waals surface area contributed by atoms with Gasteiger partial charge in [-0.15, -0.1) is 0 Å². The number of methoxy groups -OCH3 is 1. The number of amides is 1. The minimum absolute atomic E-state index is 0.337. The molecule has 1 aliphatic rings. The number of nitrogens with zero attached hydrogens (tertiary/aromatic N) is 2. The zero-order valence-electron chi connectivity index (χ0n) is 17.8. The molecule has 1 fully saturated rings. The maximum absolute atomic E-state index is 13.5. The summed E-state index contributed by atoms with van der Waals surface area (Å²) in [5.74, 6) is -2.00. The van der Waals surface area contributed by atoms with E-state index in [2.05, 4.69) is 4.98 Å². The molecule has 1 aromatic carbocycles. The number of ether oxygens (including phenoxy) is 1. The summed E-state index contributed by atoms with van der Waals surface area (Å²) >= 11 is 0. The Morgan fingerprint density at radius 2 is 1.87 bits per heavy atom. The van der Waals surface area contributed by atoms with Gasteiger partial charge in [-0.1, -0.05) is 0 Å². The third-order valence-corrected chi connectivity index (χ3v) is 5.51. The maximum Gasteiger partial charge on any atom is 0.291 e. The predicted octanol–water partition coefficient (Wildman–Crippen LogP) is 0.885. The van der Waals surface area contributed by atoms with Gasteiger partial charge in [0.15, 0.2) is 5.78 Å². The van der Waals surface area contributed by atoms with Crippen molar-refractivity contribution in [1.82, 2.24) is 9.88 Å². The molecule has 1 aliphatic heterocycles. The summed E-state index contributed by atoms with van der Waals surface area (Å²) in [5.41, 5.74) is 1.88. The molecule has 1 aromatic heterocycles. The van der Waals surface area contributed by atoms with E-state index in [9.17, 15) is 14.4 Å². The minimum atomic E-state index is -1.07. The van der Waals surface area contributed by atoms with Crippen LogP contribution in [0.5, 0.6) is 5.75 Å². The lowest BCUT2D eigenvalue weighted by Gasteiger charge is -2.27. The Labute approximate surface area is 176 Å². The van der Waals surface area contributed by atoms with Crippen molar-refractivity contribution in [1.29, 1.82) is 0 Å². The second-order valence-electron chi connectivity index (χ2n) is 7.92. The summed E-state index contributed by atoms with van der Waals surface area (Å²) in [5, 5.41) is 0. The first-order valence-electron chi connectivity index (χ1n) is 10.1. The number of nitrogens with one attached hydrogen (secondary N) is 1. The van der Waals surface area contributed by atoms with Crippen molar-refractivity contribution in [3.63, 3.8) is 0 Å². The van der Waals surface area contributed by atoms with Crippen molar-refractivity contribution < 1.29 is 24.0 Å². The summed E-state index contributed by atoms with van der Waals surface area (Å²) < 4.78 is 5.21. The number of likely N-dealkylation sites (tertiary alicyclic amines) is 1. The molecule has 2 heterocycles. The van der Waals surface area contributed by atoms with Crippen LogP contribution >= 0.6 is 0 Å². The Bertz CT molecular complexity index is 943. The fourth-order valence-electron chi connectivity index (χ4n) is 3.97. The largest absolute Gasteiger partial charge is 0.497 e. The maximum atomic E-state index is 13.5. The molecule has 0 spiro atoms. The standard InChI is InChI=1S/C23H27N3O4/c1-15-14-17(30-4)6-7-18(15)21(27)19-20(16-8-10-24-11-9-16)26(23(29)22(19)28)13-5-12-25(2)3/h6-11,14,19-20H,5,12-13H2,1-4H3/p+1. The molecule has 30 heavy (non-hydrogen) atoms. The van der Waals surface area contributed by atoms with E-state index in [1.165, 1.54) is 4.90 Å². The summed E-state index contributed by atoms with van der Waals surface area (Å²) in [6.45, 7) is 3.08. The van der Waals surface area contributed by atoms with Gasteiger partial charge in [0.05, 0.1) is 33.8 Å². The van der Waals surface area contributed by atoms with Crippen LogP contribution in [0.15, 0.2) is 42.7 Å². The number of aryl methyl sites for hydroxylation is 1. The third-order valence-electron chi connectivity index (χ3n) is 5.51. The fourth-order valence-corrected chi connectivity index (χ4v) is 3.97. The number of hydrogen-bond donors (Lipinski definition) is 1. The quantitative estimate of drug-likeness (QED) is 0.397. The Morgan fingerprint density at radius 1 is 1.17 bits per heavy atom. The van der Waals surface area contributed by atoms with Crippen molar-refractivity contribution in [2.75, 3.05) is 34.3 Å². The van der Waals surface area contributed by atoms with Crippen LogP contribution in [0.3, 0.4) is 0 Å². The first-order chi connectivity index (χ1) is 14.3. The van der Waals surface area contributed by atoms with Gasteiger partial charge in [0.25, 0.3) is 5.91 Å². The van der Waals surface area contributed by atoms with Gasteiger partial charge in [0.2, 0.25) is 5.78 Å². The van der Waals surface area contributed by atoms with Crippen LogP contribution < -0.4 is 9.64 Å². The molecule has 1 N–H and O–H groups in total. The summed E-state index contributed by atoms with van der Waals surface area (Å²) in [4.78, 5) is 46.2. The van der Waals surface area contributed by atoms with Crippen LogP contribution in [0.1, 0.15) is 33.9 Å². The number of benzene rings is 1. The number of carbonyl (C=O) groups is 3. The van der Waals surface area contributed by atoms with Crippen LogP contribution in [0.4, 0.5) is 0 Å². The lowest BCUT2D eigenvalue weighted by Crippen LogP contribution is -3.05. The monoisotopic (exact) mass is 410 g/mol. The predicted molar refractivity (Wildman–Crippen MR) is 112 cm³/mol. The summed E-state index contributed by atoms with van der Waals surface area (Å²) in [6, 6.07) is 8.02. The molecule has 0 radical (unpaired) electrons. The van der Waals surface area contributed by atoms with Crippen LogP contribution in [-0.2, 0) is 9.59 Å². The molecular weight excluding hydrogens is 382 g/mol. The molecule has 7 heteroatoms. The van der Waals surface area contributed by atoms with Gasteiger partial charge in [0.1, 0.15) is 11.7 Å². The van der Waals surface area contributed by atoms with Gasteiger partial charge in [-0.2, -0.15) is 0 Å². The van der Waals surface area contributed by atoms with Gasteiger partial charge >= 0.3 is 0 Å². The van der Waals surface area contributed by atoms with Gasteiger partial charge < -0.3 is 14.5 Å². The Kier molecular flexibility index (Phi) is 6.62. The fraction of sp³-hybridized carbons (Fsp3) is 0.391. The Balaban J connectivity index is 1.99. The zero-order valence-corrected chi connectivity index (χ0v) is 17.8. The van der Waals surface area contributed by atoms with Crippen LogP contribution in [0, 0.1) is 12.8 Å². The van der Waals surface area contributed by atoms with Crippen molar-refractivity contribution in [2.24, 2.45) is 5.92 Å². The molecule has 2 aromatic rings. The number of pyridine rings is 1. The number of rotatable bonds is 8. The molecular formula is C23H28N3O4+. The van der Waals surface area contributed by atoms with Gasteiger partial charge in [-0.3, -0.25) is 19.4 Å². The van der Waals surface area contributed by atoms with E-state index in [0.717, 1.165) is 18.5 Å². The van der Waals surface area contributed by atoms with Crippen LogP contribution in [0.25, 0.3) is 0 Å². The molecule has 1 amide bonds. The second-order valence-corrected chi connectivity index (χ2v) is 7.92. The normalized spacial score (nSPS) is 18.9.